The topological polar surface area (TPSA) is 34.1 Å². The summed E-state index contributed by atoms with van der Waals surface area (Å²) >= 11 is 0. The van der Waals surface area contributed by atoms with Crippen LogP contribution < -0.4 is 5.32 Å². The van der Waals surface area contributed by atoms with Gasteiger partial charge in [-0.15, -0.1) is 0 Å². The fourth-order valence-corrected chi connectivity index (χ4v) is 3.48. The molecule has 27 heavy (non-hydrogen) atoms. The molecule has 6 heteroatoms. The van der Waals surface area contributed by atoms with E-state index in [1.807, 2.05) is 13.1 Å². The molecule has 1 saturated heterocycles. The highest BCUT2D eigenvalue weighted by molar-refractivity contribution is 5.79. The predicted molar refractivity (Wildman–Crippen MR) is 112 cm³/mol. The maximum atomic E-state index is 13.4. The number of piperazine rings is 1. The average molecular weight is 378 g/mol. The molecular weight excluding hydrogens is 341 g/mol. The third-order valence-electron chi connectivity index (χ3n) is 5.04. The lowest BCUT2D eigenvalue weighted by Gasteiger charge is -2.35. The number of rotatable bonds is 8. The Morgan fingerprint density at radius 1 is 1.22 bits per heavy atom. The van der Waals surface area contributed by atoms with E-state index in [2.05, 4.69) is 40.8 Å². The van der Waals surface area contributed by atoms with Crippen LogP contribution in [0.25, 0.3) is 0 Å². The van der Waals surface area contributed by atoms with E-state index in [0.29, 0.717) is 12.5 Å². The summed E-state index contributed by atoms with van der Waals surface area (Å²) in [6.45, 7) is 15.7. The first kappa shape index (κ1) is 21.6. The van der Waals surface area contributed by atoms with Crippen molar-refractivity contribution in [3.05, 3.63) is 35.6 Å². The van der Waals surface area contributed by atoms with Gasteiger partial charge in [0.05, 0.1) is 0 Å². The van der Waals surface area contributed by atoms with Gasteiger partial charge >= 0.3 is 0 Å². The van der Waals surface area contributed by atoms with Crippen LogP contribution in [0.1, 0.15) is 26.3 Å². The Balaban J connectivity index is 1.86. The molecule has 0 radical (unpaired) electrons. The number of hydrogen-bond donors (Lipinski definition) is 1. The summed E-state index contributed by atoms with van der Waals surface area (Å²) in [5, 5.41) is 3.35. The van der Waals surface area contributed by atoms with Gasteiger partial charge in [0.2, 0.25) is 0 Å². The van der Waals surface area contributed by atoms with E-state index in [4.69, 9.17) is 4.99 Å². The van der Waals surface area contributed by atoms with Crippen molar-refractivity contribution in [2.45, 2.75) is 27.3 Å². The van der Waals surface area contributed by atoms with Gasteiger partial charge in [-0.3, -0.25) is 4.99 Å². The van der Waals surface area contributed by atoms with Crippen molar-refractivity contribution in [2.24, 2.45) is 10.9 Å². The summed E-state index contributed by atoms with van der Waals surface area (Å²) in [7, 11) is 2.00. The van der Waals surface area contributed by atoms with E-state index in [9.17, 15) is 4.39 Å². The number of nitrogens with one attached hydrogen (secondary N) is 1. The Morgan fingerprint density at radius 3 is 2.56 bits per heavy atom. The molecule has 1 aromatic rings. The highest BCUT2D eigenvalue weighted by atomic mass is 19.1. The molecule has 152 valence electrons. The van der Waals surface area contributed by atoms with E-state index < -0.39 is 0 Å². The fraction of sp³-hybridized carbons (Fsp3) is 0.667. The summed E-state index contributed by atoms with van der Waals surface area (Å²) in [6, 6.07) is 6.76. The number of nitrogens with zero attached hydrogens (tertiary/aromatic N) is 4. The molecule has 0 aromatic heterocycles. The van der Waals surface area contributed by atoms with Gasteiger partial charge in [0, 0.05) is 59.4 Å². The lowest BCUT2D eigenvalue weighted by molar-refractivity contribution is 0.125. The van der Waals surface area contributed by atoms with Crippen LogP contribution in [0.15, 0.2) is 29.3 Å². The summed E-state index contributed by atoms with van der Waals surface area (Å²) in [6.07, 6.45) is 0. The lowest BCUT2D eigenvalue weighted by atomic mass is 10.1. The van der Waals surface area contributed by atoms with E-state index in [0.717, 1.165) is 50.8 Å². The summed E-state index contributed by atoms with van der Waals surface area (Å²) in [5.74, 6) is 1.19. The second-order valence-corrected chi connectivity index (χ2v) is 7.52. The van der Waals surface area contributed by atoms with Crippen LogP contribution in [0.5, 0.6) is 0 Å². The molecule has 1 aliphatic heterocycles. The molecule has 1 heterocycles. The Hall–Kier alpha value is -1.66. The maximum Gasteiger partial charge on any atom is 0.193 e. The fourth-order valence-electron chi connectivity index (χ4n) is 3.48. The Kier molecular flexibility index (Phi) is 9.01. The molecule has 0 bridgehead atoms. The van der Waals surface area contributed by atoms with Crippen molar-refractivity contribution in [3.8, 4) is 0 Å². The molecule has 2 rings (SSSR count). The number of aliphatic imine (C=N–C) groups is 1. The van der Waals surface area contributed by atoms with Crippen molar-refractivity contribution in [2.75, 3.05) is 59.4 Å². The van der Waals surface area contributed by atoms with Crippen LogP contribution in [0.2, 0.25) is 0 Å². The molecule has 0 saturated carbocycles. The minimum Gasteiger partial charge on any atom is -0.357 e. The third-order valence-corrected chi connectivity index (χ3v) is 5.04. The van der Waals surface area contributed by atoms with Gasteiger partial charge in [-0.1, -0.05) is 26.0 Å². The number of hydrogen-bond acceptors (Lipinski definition) is 3. The quantitative estimate of drug-likeness (QED) is 0.558. The maximum absolute atomic E-state index is 13.4. The van der Waals surface area contributed by atoms with Crippen molar-refractivity contribution in [1.29, 1.82) is 0 Å². The van der Waals surface area contributed by atoms with Crippen molar-refractivity contribution in [1.82, 2.24) is 20.0 Å². The zero-order valence-corrected chi connectivity index (χ0v) is 17.4. The van der Waals surface area contributed by atoms with Gasteiger partial charge in [0.15, 0.2) is 5.96 Å². The number of likely N-dealkylation sites (N-methyl/N-ethyl adjacent to an activating group) is 1. The van der Waals surface area contributed by atoms with Gasteiger partial charge < -0.3 is 20.0 Å². The Labute approximate surface area is 164 Å². The Bertz CT molecular complexity index is 584. The number of guanidine groups is 1. The second kappa shape index (κ2) is 11.2. The van der Waals surface area contributed by atoms with Crippen LogP contribution in [0, 0.1) is 11.7 Å². The normalized spacial score (nSPS) is 17.7. The zero-order chi connectivity index (χ0) is 19.6. The SMILES string of the molecule is CCNC(=NCC(C)CN1CCN(CC)CC1)N(C)Cc1cccc(F)c1. The molecule has 1 aliphatic rings. The van der Waals surface area contributed by atoms with Crippen LogP contribution in [0.3, 0.4) is 0 Å². The van der Waals surface area contributed by atoms with Crippen LogP contribution >= 0.6 is 0 Å². The van der Waals surface area contributed by atoms with E-state index in [1.165, 1.54) is 19.2 Å². The standard InChI is InChI=1S/C21H36FN5/c1-5-23-21(25(4)17-19-8-7-9-20(22)14-19)24-15-18(3)16-27-12-10-26(6-2)11-13-27/h7-9,14,18H,5-6,10-13,15-17H2,1-4H3,(H,23,24). The molecule has 1 atom stereocenters. The first-order valence-electron chi connectivity index (χ1n) is 10.2. The Morgan fingerprint density at radius 2 is 1.93 bits per heavy atom. The van der Waals surface area contributed by atoms with Crippen molar-refractivity contribution < 1.29 is 4.39 Å². The first-order chi connectivity index (χ1) is 13.0. The molecule has 5 nitrogen and oxygen atoms in total. The number of benzene rings is 1. The van der Waals surface area contributed by atoms with Gasteiger partial charge in [-0.2, -0.15) is 0 Å². The molecular formula is C21H36FN5. The zero-order valence-electron chi connectivity index (χ0n) is 17.4. The van der Waals surface area contributed by atoms with Crippen molar-refractivity contribution in [3.63, 3.8) is 0 Å². The average Bonchev–Trinajstić information content (AvgIpc) is 2.65. The molecule has 1 unspecified atom stereocenters. The van der Waals surface area contributed by atoms with E-state index >= 15 is 0 Å². The summed E-state index contributed by atoms with van der Waals surface area (Å²) in [4.78, 5) is 11.9. The molecule has 0 aliphatic carbocycles. The monoisotopic (exact) mass is 377 g/mol. The van der Waals surface area contributed by atoms with Gasteiger partial charge in [-0.05, 0) is 37.1 Å². The van der Waals surface area contributed by atoms with E-state index in [-0.39, 0.29) is 5.82 Å². The first-order valence-corrected chi connectivity index (χ1v) is 10.2. The van der Waals surface area contributed by atoms with Crippen LogP contribution in [-0.2, 0) is 6.54 Å². The van der Waals surface area contributed by atoms with Gasteiger partial charge in [0.1, 0.15) is 5.82 Å². The smallest absolute Gasteiger partial charge is 0.193 e. The molecule has 0 spiro atoms. The molecule has 1 aromatic carbocycles. The minimum absolute atomic E-state index is 0.195. The van der Waals surface area contributed by atoms with Crippen LogP contribution in [0.4, 0.5) is 4.39 Å². The van der Waals surface area contributed by atoms with Gasteiger partial charge in [-0.25, -0.2) is 4.39 Å². The molecule has 0 amide bonds. The molecule has 1 fully saturated rings. The minimum atomic E-state index is -0.195. The second-order valence-electron chi connectivity index (χ2n) is 7.52. The third kappa shape index (κ3) is 7.46. The van der Waals surface area contributed by atoms with E-state index in [1.54, 1.807) is 12.1 Å². The summed E-state index contributed by atoms with van der Waals surface area (Å²) in [5.41, 5.74) is 0.949. The van der Waals surface area contributed by atoms with Crippen molar-refractivity contribution >= 4 is 5.96 Å². The molecule has 1 N–H and O–H groups in total. The summed E-state index contributed by atoms with van der Waals surface area (Å²) < 4.78 is 13.4. The predicted octanol–water partition coefficient (Wildman–Crippen LogP) is 2.50. The van der Waals surface area contributed by atoms with Crippen LogP contribution in [-0.4, -0.2) is 80.1 Å². The highest BCUT2D eigenvalue weighted by Gasteiger charge is 2.17. The lowest BCUT2D eigenvalue weighted by Crippen LogP contribution is -2.47. The van der Waals surface area contributed by atoms with Gasteiger partial charge in [0.25, 0.3) is 0 Å². The number of halogens is 1. The largest absolute Gasteiger partial charge is 0.357 e. The highest BCUT2D eigenvalue weighted by Crippen LogP contribution is 2.08.